The Labute approximate surface area is 142 Å². The fraction of sp³-hybridized carbons (Fsp3) is 0.375. The van der Waals surface area contributed by atoms with Gasteiger partial charge in [0.25, 0.3) is 6.43 Å². The molecule has 8 heteroatoms. The van der Waals surface area contributed by atoms with Crippen molar-refractivity contribution < 1.29 is 18.3 Å². The van der Waals surface area contributed by atoms with Gasteiger partial charge in [0.2, 0.25) is 5.91 Å². The van der Waals surface area contributed by atoms with Crippen molar-refractivity contribution in [3.63, 3.8) is 0 Å². The molecular weight excluding hydrogens is 336 g/mol. The van der Waals surface area contributed by atoms with Crippen molar-refractivity contribution in [3.05, 3.63) is 41.0 Å². The maximum Gasteiger partial charge on any atom is 0.289 e. The number of nitrogens with zero attached hydrogens (tertiary/aromatic N) is 2. The number of halogens is 2. The van der Waals surface area contributed by atoms with Crippen molar-refractivity contribution in [2.24, 2.45) is 0 Å². The van der Waals surface area contributed by atoms with Gasteiger partial charge < -0.3 is 10.1 Å². The van der Waals surface area contributed by atoms with Crippen molar-refractivity contribution in [3.8, 4) is 10.4 Å². The van der Waals surface area contributed by atoms with Crippen LogP contribution in [0.25, 0.3) is 10.4 Å². The van der Waals surface area contributed by atoms with Crippen molar-refractivity contribution in [2.75, 3.05) is 26.8 Å². The molecule has 1 N–H and O–H groups in total. The van der Waals surface area contributed by atoms with Crippen LogP contribution in [0.4, 0.5) is 8.78 Å². The number of hydrogen-bond donors (Lipinski definition) is 1. The average molecular weight is 353 g/mol. The lowest BCUT2D eigenvalue weighted by molar-refractivity contribution is -0.118. The molecule has 1 unspecified atom stereocenters. The van der Waals surface area contributed by atoms with E-state index in [4.69, 9.17) is 4.74 Å². The molecule has 2 aromatic rings. The van der Waals surface area contributed by atoms with Crippen LogP contribution < -0.4 is 5.32 Å². The monoisotopic (exact) mass is 353 g/mol. The number of nitrogens with one attached hydrogen (secondary N) is 1. The number of aromatic nitrogens is 1. The number of hydrogen-bond acceptors (Lipinski definition) is 5. The van der Waals surface area contributed by atoms with Gasteiger partial charge in [0, 0.05) is 19.9 Å². The van der Waals surface area contributed by atoms with Gasteiger partial charge in [-0.2, -0.15) is 0 Å². The Hall–Kier alpha value is -1.90. The lowest BCUT2D eigenvalue weighted by Gasteiger charge is -2.23. The first-order chi connectivity index (χ1) is 11.6. The molecule has 0 spiro atoms. The third-order valence-electron chi connectivity index (χ3n) is 3.81. The first-order valence-electron chi connectivity index (χ1n) is 7.45. The zero-order chi connectivity index (χ0) is 17.1. The number of thiazole rings is 1. The summed E-state index contributed by atoms with van der Waals surface area (Å²) in [5.41, 5.74) is 1.77. The van der Waals surface area contributed by atoms with Crippen LogP contribution in [0, 0.1) is 0 Å². The number of alkyl halides is 2. The highest BCUT2D eigenvalue weighted by molar-refractivity contribution is 7.15. The van der Waals surface area contributed by atoms with Crippen LogP contribution in [-0.2, 0) is 9.53 Å². The van der Waals surface area contributed by atoms with Crippen molar-refractivity contribution >= 4 is 17.2 Å². The van der Waals surface area contributed by atoms with E-state index in [1.807, 2.05) is 29.2 Å². The zero-order valence-corrected chi connectivity index (χ0v) is 13.9. The molecule has 128 valence electrons. The molecule has 1 aromatic carbocycles. The van der Waals surface area contributed by atoms with Crippen LogP contribution >= 0.6 is 11.3 Å². The summed E-state index contributed by atoms with van der Waals surface area (Å²) < 4.78 is 30.4. The molecule has 0 saturated carbocycles. The number of ether oxygens (including phenoxy) is 1. The molecule has 2 heterocycles. The van der Waals surface area contributed by atoms with E-state index in [1.54, 1.807) is 7.11 Å². The molecule has 5 nitrogen and oxygen atoms in total. The Kier molecular flexibility index (Phi) is 5.17. The van der Waals surface area contributed by atoms with E-state index in [-0.39, 0.29) is 17.1 Å². The van der Waals surface area contributed by atoms with Gasteiger partial charge in [-0.25, -0.2) is 13.8 Å². The van der Waals surface area contributed by atoms with Crippen LogP contribution in [0.1, 0.15) is 23.2 Å². The molecule has 1 aliphatic heterocycles. The Morgan fingerprint density at radius 3 is 2.79 bits per heavy atom. The fourth-order valence-electron chi connectivity index (χ4n) is 2.63. The van der Waals surface area contributed by atoms with E-state index in [0.29, 0.717) is 24.6 Å². The zero-order valence-electron chi connectivity index (χ0n) is 13.0. The normalized spacial score (nSPS) is 18.3. The topological polar surface area (TPSA) is 54.5 Å². The molecule has 0 bridgehead atoms. The Morgan fingerprint density at radius 1 is 1.42 bits per heavy atom. The van der Waals surface area contributed by atoms with Gasteiger partial charge in [-0.1, -0.05) is 24.3 Å². The summed E-state index contributed by atoms with van der Waals surface area (Å²) in [6.45, 7) is 1.53. The SMILES string of the molecule is COCCN1CC(=O)NC1c1ccc(-c2cnc(C(F)F)s2)cc1. The van der Waals surface area contributed by atoms with Crippen molar-refractivity contribution in [1.82, 2.24) is 15.2 Å². The van der Waals surface area contributed by atoms with E-state index in [2.05, 4.69) is 10.3 Å². The molecule has 1 amide bonds. The van der Waals surface area contributed by atoms with Gasteiger partial charge >= 0.3 is 0 Å². The Bertz CT molecular complexity index is 706. The second-order valence-electron chi connectivity index (χ2n) is 5.42. The van der Waals surface area contributed by atoms with Gasteiger partial charge in [0.1, 0.15) is 6.17 Å². The lowest BCUT2D eigenvalue weighted by atomic mass is 10.1. The van der Waals surface area contributed by atoms with Gasteiger partial charge in [-0.3, -0.25) is 9.69 Å². The summed E-state index contributed by atoms with van der Waals surface area (Å²) in [5.74, 6) is -0.0239. The minimum absolute atomic E-state index is 0.0239. The highest BCUT2D eigenvalue weighted by Gasteiger charge is 2.30. The minimum Gasteiger partial charge on any atom is -0.383 e. The van der Waals surface area contributed by atoms with Crippen LogP contribution in [0.15, 0.2) is 30.5 Å². The molecule has 0 radical (unpaired) electrons. The quantitative estimate of drug-likeness (QED) is 0.868. The Morgan fingerprint density at radius 2 is 2.17 bits per heavy atom. The van der Waals surface area contributed by atoms with E-state index in [1.165, 1.54) is 6.20 Å². The molecular formula is C16H17F2N3O2S. The third-order valence-corrected chi connectivity index (χ3v) is 4.87. The van der Waals surface area contributed by atoms with Gasteiger partial charge in [-0.05, 0) is 11.1 Å². The molecule has 24 heavy (non-hydrogen) atoms. The first kappa shape index (κ1) is 16.9. The van der Waals surface area contributed by atoms with Crippen molar-refractivity contribution in [1.29, 1.82) is 0 Å². The predicted octanol–water partition coefficient (Wildman–Crippen LogP) is 2.82. The average Bonchev–Trinajstić information content (AvgIpc) is 3.20. The molecule has 1 aromatic heterocycles. The van der Waals surface area contributed by atoms with Crippen molar-refractivity contribution in [2.45, 2.75) is 12.6 Å². The fourth-order valence-corrected chi connectivity index (χ4v) is 3.41. The summed E-state index contributed by atoms with van der Waals surface area (Å²) in [4.78, 5) is 18.1. The predicted molar refractivity (Wildman–Crippen MR) is 86.8 cm³/mol. The molecule has 1 atom stereocenters. The number of carbonyl (C=O) groups is 1. The summed E-state index contributed by atoms with van der Waals surface area (Å²) >= 11 is 0.986. The lowest BCUT2D eigenvalue weighted by Crippen LogP contribution is -2.30. The molecule has 3 rings (SSSR count). The smallest absolute Gasteiger partial charge is 0.289 e. The first-order valence-corrected chi connectivity index (χ1v) is 8.26. The summed E-state index contributed by atoms with van der Waals surface area (Å²) in [5, 5.41) is 2.75. The van der Waals surface area contributed by atoms with Gasteiger partial charge in [-0.15, -0.1) is 11.3 Å². The maximum absolute atomic E-state index is 12.6. The molecule has 1 fully saturated rings. The van der Waals surface area contributed by atoms with Gasteiger partial charge in [0.05, 0.1) is 18.0 Å². The number of carbonyl (C=O) groups excluding carboxylic acids is 1. The largest absolute Gasteiger partial charge is 0.383 e. The van der Waals surface area contributed by atoms with Crippen LogP contribution in [0.5, 0.6) is 0 Å². The Balaban J connectivity index is 1.76. The van der Waals surface area contributed by atoms with E-state index in [9.17, 15) is 13.6 Å². The van der Waals surface area contributed by atoms with E-state index in [0.717, 1.165) is 22.5 Å². The van der Waals surface area contributed by atoms with Gasteiger partial charge in [0.15, 0.2) is 5.01 Å². The summed E-state index contributed by atoms with van der Waals surface area (Å²) in [6, 6.07) is 7.51. The molecule has 1 saturated heterocycles. The van der Waals surface area contributed by atoms with E-state index < -0.39 is 6.43 Å². The highest BCUT2D eigenvalue weighted by atomic mass is 32.1. The standard InChI is InChI=1S/C16H17F2N3O2S/c1-23-7-6-21-9-13(22)20-15(21)11-4-2-10(3-5-11)12-8-19-16(24-12)14(17)18/h2-5,8,14-15H,6-7,9H2,1H3,(H,20,22). The molecule has 0 aliphatic carbocycles. The summed E-state index contributed by atoms with van der Waals surface area (Å²) in [6.07, 6.45) is -1.28. The number of methoxy groups -OCH3 is 1. The highest BCUT2D eigenvalue weighted by Crippen LogP contribution is 2.32. The summed E-state index contributed by atoms with van der Waals surface area (Å²) in [7, 11) is 1.62. The molecule has 1 aliphatic rings. The van der Waals surface area contributed by atoms with Crippen LogP contribution in [-0.4, -0.2) is 42.6 Å². The maximum atomic E-state index is 12.6. The van der Waals surface area contributed by atoms with Crippen LogP contribution in [0.2, 0.25) is 0 Å². The number of benzene rings is 1. The van der Waals surface area contributed by atoms with Crippen LogP contribution in [0.3, 0.4) is 0 Å². The third kappa shape index (κ3) is 3.61. The second kappa shape index (κ2) is 7.33. The second-order valence-corrected chi connectivity index (χ2v) is 6.48. The van der Waals surface area contributed by atoms with E-state index >= 15 is 0 Å². The minimum atomic E-state index is -2.55. The number of rotatable bonds is 6. The number of amides is 1.